The Hall–Kier alpha value is -4.73. The maximum Gasteiger partial charge on any atom is 0.279 e. The number of carbonyl (C=O) groups is 2. The number of fused-ring (bicyclic) bond motifs is 1. The lowest BCUT2D eigenvalue weighted by Crippen LogP contribution is -2.35. The third kappa shape index (κ3) is 4.96. The number of nitrogens with one attached hydrogen (secondary N) is 2. The van der Waals surface area contributed by atoms with Gasteiger partial charge in [0.15, 0.2) is 5.69 Å². The van der Waals surface area contributed by atoms with Crippen LogP contribution in [0.1, 0.15) is 10.5 Å². The van der Waals surface area contributed by atoms with Gasteiger partial charge < -0.3 is 20.1 Å². The molecule has 4 rings (SSSR count). The van der Waals surface area contributed by atoms with Crippen LogP contribution in [0.3, 0.4) is 0 Å². The summed E-state index contributed by atoms with van der Waals surface area (Å²) in [5.74, 6) is -0.766. The molecule has 0 radical (unpaired) electrons. The largest absolute Gasteiger partial charge is 0.497 e. The Balaban J connectivity index is 1.66. The summed E-state index contributed by atoms with van der Waals surface area (Å²) in [6, 6.07) is 16.6. The summed E-state index contributed by atoms with van der Waals surface area (Å²) in [5.41, 5.74) is 0.198. The van der Waals surface area contributed by atoms with Gasteiger partial charge in [-0.3, -0.25) is 14.4 Å². The number of amides is 2. The van der Waals surface area contributed by atoms with Gasteiger partial charge >= 0.3 is 0 Å². The number of aromatic nitrogens is 2. The molecule has 4 aromatic rings. The SMILES string of the molecule is COc1ccc(-n2nc(C(=O)NCC(=O)Nc3ccc(F)cc3)c3ccccc3c2=O)c(OC)c1. The van der Waals surface area contributed by atoms with E-state index in [0.29, 0.717) is 28.3 Å². The molecule has 1 heterocycles. The second kappa shape index (κ2) is 10.0. The Morgan fingerprint density at radius 3 is 2.37 bits per heavy atom. The molecule has 0 fully saturated rings. The minimum Gasteiger partial charge on any atom is -0.497 e. The summed E-state index contributed by atoms with van der Waals surface area (Å²) in [4.78, 5) is 38.5. The molecule has 0 aliphatic rings. The van der Waals surface area contributed by atoms with Crippen molar-refractivity contribution in [1.82, 2.24) is 15.1 Å². The lowest BCUT2D eigenvalue weighted by molar-refractivity contribution is -0.115. The van der Waals surface area contributed by atoms with Crippen LogP contribution >= 0.6 is 0 Å². The van der Waals surface area contributed by atoms with E-state index in [1.165, 1.54) is 38.5 Å². The van der Waals surface area contributed by atoms with E-state index in [2.05, 4.69) is 15.7 Å². The summed E-state index contributed by atoms with van der Waals surface area (Å²) in [6.45, 7) is -0.364. The van der Waals surface area contributed by atoms with Crippen LogP contribution in [-0.2, 0) is 4.79 Å². The lowest BCUT2D eigenvalue weighted by atomic mass is 10.1. The van der Waals surface area contributed by atoms with Gasteiger partial charge in [0.1, 0.15) is 23.0 Å². The van der Waals surface area contributed by atoms with Crippen LogP contribution in [0.2, 0.25) is 0 Å². The summed E-state index contributed by atoms with van der Waals surface area (Å²) in [6.07, 6.45) is 0. The smallest absolute Gasteiger partial charge is 0.279 e. The molecule has 0 saturated heterocycles. The maximum absolute atomic E-state index is 13.2. The number of nitrogens with zero attached hydrogens (tertiary/aromatic N) is 2. The van der Waals surface area contributed by atoms with Gasteiger partial charge in [-0.1, -0.05) is 18.2 Å². The number of hydrogen-bond donors (Lipinski definition) is 2. The fourth-order valence-electron chi connectivity index (χ4n) is 3.46. The van der Waals surface area contributed by atoms with Crippen LogP contribution in [0, 0.1) is 5.82 Å². The van der Waals surface area contributed by atoms with E-state index in [9.17, 15) is 18.8 Å². The lowest BCUT2D eigenvalue weighted by Gasteiger charge is -2.14. The van der Waals surface area contributed by atoms with Crippen molar-refractivity contribution >= 4 is 28.3 Å². The summed E-state index contributed by atoms with van der Waals surface area (Å²) >= 11 is 0. The molecule has 1 aromatic heterocycles. The first-order chi connectivity index (χ1) is 16.9. The third-order valence-corrected chi connectivity index (χ3v) is 5.17. The molecule has 0 aliphatic carbocycles. The number of benzene rings is 3. The highest BCUT2D eigenvalue weighted by molar-refractivity contribution is 6.06. The first-order valence-corrected chi connectivity index (χ1v) is 10.5. The van der Waals surface area contributed by atoms with Gasteiger partial charge in [0, 0.05) is 17.1 Å². The summed E-state index contributed by atoms with van der Waals surface area (Å²) in [7, 11) is 2.95. The van der Waals surface area contributed by atoms with Crippen LogP contribution in [0.25, 0.3) is 16.5 Å². The molecule has 0 unspecified atom stereocenters. The third-order valence-electron chi connectivity index (χ3n) is 5.17. The number of anilines is 1. The van der Waals surface area contributed by atoms with E-state index < -0.39 is 23.2 Å². The molecular weight excluding hydrogens is 455 g/mol. The van der Waals surface area contributed by atoms with Gasteiger partial charge in [0.05, 0.1) is 26.2 Å². The first-order valence-electron chi connectivity index (χ1n) is 10.5. The predicted molar refractivity (Wildman–Crippen MR) is 128 cm³/mol. The van der Waals surface area contributed by atoms with Gasteiger partial charge in [-0.25, -0.2) is 4.39 Å². The Labute approximate surface area is 199 Å². The number of ether oxygens (including phenoxy) is 2. The molecule has 2 amide bonds. The van der Waals surface area contributed by atoms with Gasteiger partial charge in [-0.15, -0.1) is 0 Å². The molecule has 178 valence electrons. The number of halogens is 1. The molecule has 0 atom stereocenters. The topological polar surface area (TPSA) is 112 Å². The second-order valence-corrected chi connectivity index (χ2v) is 7.39. The van der Waals surface area contributed by atoms with Gasteiger partial charge in [-0.2, -0.15) is 9.78 Å². The molecule has 2 N–H and O–H groups in total. The molecule has 0 spiro atoms. The maximum atomic E-state index is 13.2. The average Bonchev–Trinajstić information content (AvgIpc) is 2.88. The highest BCUT2D eigenvalue weighted by Crippen LogP contribution is 2.27. The highest BCUT2D eigenvalue weighted by Gasteiger charge is 2.20. The predicted octanol–water partition coefficient (Wildman–Crippen LogP) is 2.91. The molecule has 9 nitrogen and oxygen atoms in total. The quantitative estimate of drug-likeness (QED) is 0.424. The van der Waals surface area contributed by atoms with Crippen LogP contribution in [0.15, 0.2) is 71.5 Å². The van der Waals surface area contributed by atoms with Crippen molar-refractivity contribution in [2.45, 2.75) is 0 Å². The molecule has 3 aromatic carbocycles. The fraction of sp³-hybridized carbons (Fsp3) is 0.120. The molecule has 0 bridgehead atoms. The van der Waals surface area contributed by atoms with Crippen LogP contribution in [0.5, 0.6) is 11.5 Å². The van der Waals surface area contributed by atoms with Crippen molar-refractivity contribution in [3.05, 3.63) is 88.6 Å². The Kier molecular flexibility index (Phi) is 6.72. The Morgan fingerprint density at radius 2 is 1.69 bits per heavy atom. The van der Waals surface area contributed by atoms with Crippen molar-refractivity contribution < 1.29 is 23.5 Å². The molecule has 0 saturated carbocycles. The molecule has 35 heavy (non-hydrogen) atoms. The number of hydrogen-bond acceptors (Lipinski definition) is 6. The highest BCUT2D eigenvalue weighted by atomic mass is 19.1. The van der Waals surface area contributed by atoms with E-state index in [0.717, 1.165) is 4.68 Å². The zero-order valence-corrected chi connectivity index (χ0v) is 18.9. The Morgan fingerprint density at radius 1 is 0.971 bits per heavy atom. The summed E-state index contributed by atoms with van der Waals surface area (Å²) < 4.78 is 24.7. The Bertz CT molecular complexity index is 1470. The number of methoxy groups -OCH3 is 2. The van der Waals surface area contributed by atoms with E-state index >= 15 is 0 Å². The monoisotopic (exact) mass is 476 g/mol. The van der Waals surface area contributed by atoms with Gasteiger partial charge in [0.2, 0.25) is 5.91 Å². The number of carbonyl (C=O) groups excluding carboxylic acids is 2. The average molecular weight is 476 g/mol. The van der Waals surface area contributed by atoms with Crippen LogP contribution < -0.4 is 25.7 Å². The second-order valence-electron chi connectivity index (χ2n) is 7.39. The van der Waals surface area contributed by atoms with Crippen molar-refractivity contribution in [3.63, 3.8) is 0 Å². The van der Waals surface area contributed by atoms with E-state index in [1.807, 2.05) is 0 Å². The van der Waals surface area contributed by atoms with Crippen molar-refractivity contribution in [2.24, 2.45) is 0 Å². The molecular formula is C25H21FN4O5. The standard InChI is InChI=1S/C25H21FN4O5/c1-34-17-11-12-20(21(13-17)35-2)30-25(33)19-6-4-3-5-18(19)23(29-30)24(32)27-14-22(31)28-16-9-7-15(26)8-10-16/h3-13H,14H2,1-2H3,(H,27,32)(H,28,31). The van der Waals surface area contributed by atoms with E-state index in [-0.39, 0.29) is 17.6 Å². The normalized spacial score (nSPS) is 10.6. The van der Waals surface area contributed by atoms with Crippen LogP contribution in [-0.4, -0.2) is 42.4 Å². The van der Waals surface area contributed by atoms with Gasteiger partial charge in [-0.05, 0) is 42.5 Å². The van der Waals surface area contributed by atoms with Crippen LogP contribution in [0.4, 0.5) is 10.1 Å². The zero-order valence-electron chi connectivity index (χ0n) is 18.9. The minimum atomic E-state index is -0.656. The minimum absolute atomic E-state index is 0.0485. The molecule has 10 heteroatoms. The van der Waals surface area contributed by atoms with Gasteiger partial charge in [0.25, 0.3) is 11.5 Å². The van der Waals surface area contributed by atoms with E-state index in [1.54, 1.807) is 42.5 Å². The summed E-state index contributed by atoms with van der Waals surface area (Å²) in [5, 5.41) is 9.97. The van der Waals surface area contributed by atoms with Crippen molar-refractivity contribution in [2.75, 3.05) is 26.1 Å². The number of rotatable bonds is 7. The molecule has 0 aliphatic heterocycles. The van der Waals surface area contributed by atoms with E-state index in [4.69, 9.17) is 9.47 Å². The van der Waals surface area contributed by atoms with Crippen molar-refractivity contribution in [1.29, 1.82) is 0 Å². The fourth-order valence-corrected chi connectivity index (χ4v) is 3.46. The first kappa shape index (κ1) is 23.4. The van der Waals surface area contributed by atoms with Crippen molar-refractivity contribution in [3.8, 4) is 17.2 Å². The zero-order chi connectivity index (χ0) is 24.9.